The first-order valence-electron chi connectivity index (χ1n) is 32.0. The molecular weight excluding hydrogens is 945 g/mol. The number of nitrogens with zero attached hydrogens (tertiary/aromatic N) is 2. The van der Waals surface area contributed by atoms with Crippen LogP contribution in [0, 0.1) is 11.8 Å². The topological polar surface area (TPSA) is 81.9 Å². The summed E-state index contributed by atoms with van der Waals surface area (Å²) < 4.78 is 22.7. The predicted molar refractivity (Wildman–Crippen MR) is 328 cm³/mol. The lowest BCUT2D eigenvalue weighted by Crippen LogP contribution is -2.16. The van der Waals surface area contributed by atoms with Gasteiger partial charge in [0.2, 0.25) is 11.8 Å². The Bertz CT molecular complexity index is 1540. The van der Waals surface area contributed by atoms with E-state index in [9.17, 15) is 0 Å². The third-order valence-corrected chi connectivity index (χ3v) is 15.5. The zero-order chi connectivity index (χ0) is 53.8. The molecule has 8 heteroatoms. The first-order chi connectivity index (χ1) is 37.1. The smallest absolute Gasteiger partial charge is 0.216 e. The minimum atomic E-state index is -0.0878. The van der Waals surface area contributed by atoms with E-state index in [1.54, 1.807) is 0 Å². The summed E-state index contributed by atoms with van der Waals surface area (Å²) in [5.74, 6) is 3.69. The highest BCUT2D eigenvalue weighted by Gasteiger charge is 2.21. The third kappa shape index (κ3) is 39.6. The van der Waals surface area contributed by atoms with Gasteiger partial charge in [-0.15, -0.1) is 0 Å². The van der Waals surface area contributed by atoms with E-state index in [1.807, 2.05) is 48.5 Å². The van der Waals surface area contributed by atoms with Crippen molar-refractivity contribution in [1.29, 1.82) is 0 Å². The van der Waals surface area contributed by atoms with Gasteiger partial charge >= 0.3 is 0 Å². The maximum atomic E-state index is 8.84. The normalized spacial score (nSPS) is 15.8. The van der Waals surface area contributed by atoms with E-state index in [0.717, 1.165) is 42.1 Å². The molecule has 75 heavy (non-hydrogen) atoms. The predicted octanol–water partition coefficient (Wildman–Crippen LogP) is 19.7. The zero-order valence-corrected chi connectivity index (χ0v) is 50.2. The highest BCUT2D eigenvalue weighted by molar-refractivity contribution is 7.80. The lowest BCUT2D eigenvalue weighted by atomic mass is 9.91. The largest absolute Gasteiger partial charge is 0.475 e. The number of rotatable bonds is 48. The second kappa shape index (κ2) is 52.3. The molecule has 432 valence electrons. The first-order valence-corrected chi connectivity index (χ1v) is 32.6. The third-order valence-electron chi connectivity index (χ3n) is 15.3. The van der Waals surface area contributed by atoms with Crippen molar-refractivity contribution in [2.24, 2.45) is 21.8 Å². The molecule has 0 amide bonds. The number of unbranched alkanes of at least 4 members (excludes halogenated alkanes) is 28. The molecule has 0 saturated carbocycles. The number of thiol groups is 1. The van der Waals surface area contributed by atoms with Gasteiger partial charge in [-0.05, 0) is 48.9 Å². The molecule has 1 N–H and O–H groups in total. The molecule has 2 aliphatic heterocycles. The molecule has 2 aliphatic rings. The number of hydrogen-bond donors (Lipinski definition) is 2. The summed E-state index contributed by atoms with van der Waals surface area (Å²) in [6, 6.07) is 20.0. The van der Waals surface area contributed by atoms with Gasteiger partial charge in [0.15, 0.2) is 0 Å². The lowest BCUT2D eigenvalue weighted by Gasteiger charge is -2.17. The van der Waals surface area contributed by atoms with Gasteiger partial charge in [-0.3, -0.25) is 0 Å². The fourth-order valence-corrected chi connectivity index (χ4v) is 10.5. The van der Waals surface area contributed by atoms with Crippen molar-refractivity contribution in [1.82, 2.24) is 0 Å². The number of hydrogen-bond acceptors (Lipinski definition) is 8. The molecule has 0 bridgehead atoms. The van der Waals surface area contributed by atoms with Crippen LogP contribution in [0.3, 0.4) is 0 Å². The van der Waals surface area contributed by atoms with Crippen LogP contribution in [0.15, 0.2) is 70.6 Å². The highest BCUT2D eigenvalue weighted by Crippen LogP contribution is 2.25. The van der Waals surface area contributed by atoms with Crippen LogP contribution in [-0.2, 0) is 18.9 Å². The summed E-state index contributed by atoms with van der Waals surface area (Å²) in [6.45, 7) is 12.8. The number of benzene rings is 2. The molecule has 7 nitrogen and oxygen atoms in total. The Labute approximate surface area is 469 Å². The maximum absolute atomic E-state index is 8.84. The van der Waals surface area contributed by atoms with Gasteiger partial charge in [-0.25, -0.2) is 9.98 Å². The first kappa shape index (κ1) is 68.7. The summed E-state index contributed by atoms with van der Waals surface area (Å²) in [6.07, 6.45) is 53.5. The van der Waals surface area contributed by atoms with Gasteiger partial charge in [0, 0.05) is 24.3 Å². The van der Waals surface area contributed by atoms with E-state index >= 15 is 0 Å². The molecule has 0 aliphatic carbocycles. The molecule has 2 heterocycles. The van der Waals surface area contributed by atoms with Gasteiger partial charge in [0.05, 0.1) is 19.2 Å². The molecule has 4 rings (SSSR count). The summed E-state index contributed by atoms with van der Waals surface area (Å²) in [5.41, 5.74) is 2.04. The van der Waals surface area contributed by atoms with Gasteiger partial charge < -0.3 is 24.1 Å². The Morgan fingerprint density at radius 2 is 0.733 bits per heavy atom. The molecule has 0 aromatic heterocycles. The molecule has 0 radical (unpaired) electrons. The van der Waals surface area contributed by atoms with Crippen molar-refractivity contribution in [3.63, 3.8) is 0 Å². The van der Waals surface area contributed by atoms with Crippen molar-refractivity contribution in [2.75, 3.05) is 45.6 Å². The molecule has 4 atom stereocenters. The summed E-state index contributed by atoms with van der Waals surface area (Å²) in [5, 5.41) is 8.84. The SMILES string of the molecule is CCCCCCCCCCCCC[C@@H](CCCCCCC)CCOCS.CCCCCCCCCCCCC[C@@H](CCCCCCC)CCOC[C@@H]1COC(c2ccccc2)=N1.OC[C@@H]1COC(c2ccccc2)=N1. The monoisotopic (exact) mass is 1060 g/mol. The Kier molecular flexibility index (Phi) is 47.9. The molecular formula is C67H118N2O5S. The minimum absolute atomic E-state index is 0.0519. The average Bonchev–Trinajstić information content (AvgIpc) is 4.14. The van der Waals surface area contributed by atoms with E-state index in [-0.39, 0.29) is 18.7 Å². The number of aliphatic hydroxyl groups excluding tert-OH is 1. The van der Waals surface area contributed by atoms with Crippen LogP contribution in [0.4, 0.5) is 0 Å². The molecule has 2 aromatic rings. The fourth-order valence-electron chi connectivity index (χ4n) is 10.4. The summed E-state index contributed by atoms with van der Waals surface area (Å²) in [4.78, 5) is 8.95. The molecule has 0 unspecified atom stereocenters. The van der Waals surface area contributed by atoms with E-state index in [2.05, 4.69) is 57.4 Å². The van der Waals surface area contributed by atoms with E-state index in [1.165, 1.54) is 244 Å². The van der Waals surface area contributed by atoms with Crippen molar-refractivity contribution < 1.29 is 24.1 Å². The Morgan fingerprint density at radius 1 is 0.427 bits per heavy atom. The lowest BCUT2D eigenvalue weighted by molar-refractivity contribution is 0.0983. The number of ether oxygens (including phenoxy) is 4. The van der Waals surface area contributed by atoms with Crippen molar-refractivity contribution in [3.05, 3.63) is 71.8 Å². The standard InChI is InChI=1S/C33H57NO2.C24H50OS.C10H11NO2/c1-3-5-7-9-10-11-12-13-14-16-19-23-30(22-18-15-8-6-4-2)26-27-35-28-32-29-36-33(34-32)31-24-20-17-21-25-31;1-3-5-7-9-10-11-12-13-14-16-18-20-24(21-22-25-23-26)19-17-15-8-6-4-2;12-6-9-7-13-10(11-9)8-4-2-1-3-5-8/h17,20-21,24-25,30,32H,3-16,18-19,22-23,26-29H2,1-2H3;24,26H,3-23H2,1-2H3;1-5,9,12H,6-7H2/t30-,32-;24-;9-/m111/s1. The summed E-state index contributed by atoms with van der Waals surface area (Å²) >= 11 is 4.16. The van der Waals surface area contributed by atoms with Gasteiger partial charge in [0.25, 0.3) is 0 Å². The van der Waals surface area contributed by atoms with Crippen LogP contribution in [0.1, 0.15) is 283 Å². The van der Waals surface area contributed by atoms with Crippen molar-refractivity contribution >= 4 is 24.4 Å². The van der Waals surface area contributed by atoms with Crippen LogP contribution in [0.2, 0.25) is 0 Å². The molecule has 0 saturated heterocycles. The van der Waals surface area contributed by atoms with Gasteiger partial charge in [-0.2, -0.15) is 12.6 Å². The van der Waals surface area contributed by atoms with Crippen LogP contribution >= 0.6 is 12.6 Å². The van der Waals surface area contributed by atoms with E-state index in [0.29, 0.717) is 31.7 Å². The Hall–Kier alpha value is -2.39. The Balaban J connectivity index is 0.000000427. The van der Waals surface area contributed by atoms with Crippen LogP contribution in [-0.4, -0.2) is 74.6 Å². The Morgan fingerprint density at radius 3 is 1.05 bits per heavy atom. The molecule has 2 aromatic carbocycles. The maximum Gasteiger partial charge on any atom is 0.216 e. The zero-order valence-electron chi connectivity index (χ0n) is 49.3. The van der Waals surface area contributed by atoms with Crippen molar-refractivity contribution in [3.8, 4) is 0 Å². The quantitative estimate of drug-likeness (QED) is 0.0392. The fraction of sp³-hybridized carbons (Fsp3) is 0.791. The molecule has 0 fully saturated rings. The highest BCUT2D eigenvalue weighted by atomic mass is 32.1. The van der Waals surface area contributed by atoms with E-state index < -0.39 is 0 Å². The van der Waals surface area contributed by atoms with Crippen molar-refractivity contribution in [2.45, 2.75) is 284 Å². The number of aliphatic imine (C=N–C) groups is 2. The second-order valence-electron chi connectivity index (χ2n) is 22.2. The average molecular weight is 1060 g/mol. The molecule has 0 spiro atoms. The van der Waals surface area contributed by atoms with Crippen LogP contribution < -0.4 is 0 Å². The minimum Gasteiger partial charge on any atom is -0.475 e. The van der Waals surface area contributed by atoms with Crippen LogP contribution in [0.5, 0.6) is 0 Å². The van der Waals surface area contributed by atoms with Crippen LogP contribution in [0.25, 0.3) is 0 Å². The number of aliphatic hydroxyl groups is 1. The van der Waals surface area contributed by atoms with E-state index in [4.69, 9.17) is 29.0 Å². The van der Waals surface area contributed by atoms with Gasteiger partial charge in [0.1, 0.15) is 25.3 Å². The second-order valence-corrected chi connectivity index (χ2v) is 22.4. The van der Waals surface area contributed by atoms with Gasteiger partial charge in [-0.1, -0.05) is 295 Å². The summed E-state index contributed by atoms with van der Waals surface area (Å²) in [7, 11) is 0.